The van der Waals surface area contributed by atoms with E-state index < -0.39 is 42.2 Å². The van der Waals surface area contributed by atoms with Crippen molar-refractivity contribution < 1.29 is 24.1 Å². The molecule has 13 heteroatoms. The molecule has 0 bridgehead atoms. The first-order valence-electron chi connectivity index (χ1n) is 9.03. The van der Waals surface area contributed by atoms with Crippen molar-refractivity contribution in [1.29, 1.82) is 0 Å². The number of aliphatic hydroxyl groups is 2. The van der Waals surface area contributed by atoms with E-state index in [1.54, 1.807) is 12.4 Å². The second kappa shape index (κ2) is 9.67. The summed E-state index contributed by atoms with van der Waals surface area (Å²) >= 11 is 14.4. The number of thiazole rings is 1. The summed E-state index contributed by atoms with van der Waals surface area (Å²) in [5.41, 5.74) is -0.147. The van der Waals surface area contributed by atoms with E-state index in [-0.39, 0.29) is 10.0 Å². The van der Waals surface area contributed by atoms with Crippen LogP contribution >= 0.6 is 46.3 Å². The van der Waals surface area contributed by atoms with E-state index in [2.05, 4.69) is 15.3 Å². The maximum Gasteiger partial charge on any atom is 0.160 e. The van der Waals surface area contributed by atoms with Gasteiger partial charge < -0.3 is 19.7 Å². The average molecular weight is 507 g/mol. The van der Waals surface area contributed by atoms with Gasteiger partial charge in [0.25, 0.3) is 0 Å². The Morgan fingerprint density at radius 2 is 2.10 bits per heavy atom. The Bertz CT molecular complexity index is 1020. The molecule has 2 N–H and O–H groups in total. The van der Waals surface area contributed by atoms with Gasteiger partial charge in [-0.15, -0.1) is 16.4 Å². The highest BCUT2D eigenvalue weighted by molar-refractivity contribution is 7.99. The monoisotopic (exact) mass is 506 g/mol. The van der Waals surface area contributed by atoms with Crippen molar-refractivity contribution in [2.75, 3.05) is 13.7 Å². The highest BCUT2D eigenvalue weighted by atomic mass is 35.5. The van der Waals surface area contributed by atoms with Crippen LogP contribution in [0.15, 0.2) is 34.8 Å². The first kappa shape index (κ1) is 22.9. The van der Waals surface area contributed by atoms with E-state index in [9.17, 15) is 14.6 Å². The molecule has 1 saturated heterocycles. The van der Waals surface area contributed by atoms with Gasteiger partial charge >= 0.3 is 0 Å². The van der Waals surface area contributed by atoms with E-state index in [0.717, 1.165) is 0 Å². The summed E-state index contributed by atoms with van der Waals surface area (Å²) in [6, 6.07) is 2.13. The molecule has 1 aliphatic rings. The van der Waals surface area contributed by atoms with Crippen molar-refractivity contribution in [3.63, 3.8) is 0 Å². The topological polar surface area (TPSA) is 103 Å². The molecular weight excluding hydrogens is 490 g/mol. The highest BCUT2D eigenvalue weighted by Crippen LogP contribution is 2.41. The Kier molecular flexibility index (Phi) is 7.14. The molecular formula is C18H17Cl2FN4O4S2. The Labute approximate surface area is 194 Å². The molecule has 0 aliphatic carbocycles. The first-order chi connectivity index (χ1) is 14.9. The van der Waals surface area contributed by atoms with Gasteiger partial charge in [-0.05, 0) is 12.1 Å². The lowest BCUT2D eigenvalue weighted by atomic mass is 9.97. The summed E-state index contributed by atoms with van der Waals surface area (Å²) in [6.07, 6.45) is 0.585. The summed E-state index contributed by atoms with van der Waals surface area (Å²) in [6.45, 7) is -0.426. The number of hydrogen-bond donors (Lipinski definition) is 2. The van der Waals surface area contributed by atoms with Gasteiger partial charge in [0, 0.05) is 23.6 Å². The molecule has 1 fully saturated rings. The second-order valence-electron chi connectivity index (χ2n) is 6.65. The van der Waals surface area contributed by atoms with Crippen LogP contribution in [0.1, 0.15) is 6.04 Å². The average Bonchev–Trinajstić information content (AvgIpc) is 3.44. The number of aliphatic hydroxyl groups excluding tert-OH is 2. The highest BCUT2D eigenvalue weighted by Gasteiger charge is 2.47. The van der Waals surface area contributed by atoms with Gasteiger partial charge in [0.1, 0.15) is 40.5 Å². The largest absolute Gasteiger partial charge is 0.394 e. The third-order valence-electron chi connectivity index (χ3n) is 4.77. The van der Waals surface area contributed by atoms with Crippen LogP contribution in [-0.2, 0) is 9.47 Å². The van der Waals surface area contributed by atoms with E-state index in [4.69, 9.17) is 32.7 Å². The number of benzene rings is 1. The summed E-state index contributed by atoms with van der Waals surface area (Å²) < 4.78 is 26.8. The Morgan fingerprint density at radius 3 is 2.71 bits per heavy atom. The predicted octanol–water partition coefficient (Wildman–Crippen LogP) is 3.27. The molecule has 0 spiro atoms. The number of halogens is 3. The molecule has 31 heavy (non-hydrogen) atoms. The maximum atomic E-state index is 13.8. The van der Waals surface area contributed by atoms with Gasteiger partial charge in [-0.25, -0.2) is 14.1 Å². The first-order valence-corrected chi connectivity index (χ1v) is 11.5. The Hall–Kier alpha value is -1.31. The third kappa shape index (κ3) is 4.60. The second-order valence-corrected chi connectivity index (χ2v) is 9.53. The zero-order valence-corrected chi connectivity index (χ0v) is 19.1. The van der Waals surface area contributed by atoms with Crippen molar-refractivity contribution >= 4 is 46.3 Å². The summed E-state index contributed by atoms with van der Waals surface area (Å²) in [4.78, 5) is 4.75. The van der Waals surface area contributed by atoms with Gasteiger partial charge in [0.15, 0.2) is 5.82 Å². The molecule has 1 aliphatic heterocycles. The fourth-order valence-corrected chi connectivity index (χ4v) is 5.76. The molecule has 2 unspecified atom stereocenters. The van der Waals surface area contributed by atoms with Crippen LogP contribution in [0.2, 0.25) is 10.0 Å². The van der Waals surface area contributed by atoms with Crippen LogP contribution in [0.4, 0.5) is 4.39 Å². The number of aromatic nitrogens is 4. The number of methoxy groups -OCH3 is 1. The lowest BCUT2D eigenvalue weighted by Gasteiger charge is -2.43. The fourth-order valence-electron chi connectivity index (χ4n) is 3.31. The minimum absolute atomic E-state index is 0.126. The van der Waals surface area contributed by atoms with Crippen LogP contribution < -0.4 is 0 Å². The van der Waals surface area contributed by atoms with Gasteiger partial charge in [0.05, 0.1) is 22.8 Å². The van der Waals surface area contributed by atoms with Gasteiger partial charge in [0.2, 0.25) is 0 Å². The maximum absolute atomic E-state index is 13.8. The van der Waals surface area contributed by atoms with Gasteiger partial charge in [-0.1, -0.05) is 40.2 Å². The predicted molar refractivity (Wildman–Crippen MR) is 115 cm³/mol. The smallest absolute Gasteiger partial charge is 0.160 e. The van der Waals surface area contributed by atoms with Crippen LogP contribution in [0.25, 0.3) is 10.7 Å². The summed E-state index contributed by atoms with van der Waals surface area (Å²) in [5, 5.41) is 31.2. The number of thioether (sulfide) groups is 1. The quantitative estimate of drug-likeness (QED) is 0.491. The zero-order valence-electron chi connectivity index (χ0n) is 15.9. The number of rotatable bonds is 6. The van der Waals surface area contributed by atoms with Crippen LogP contribution in [0.3, 0.4) is 0 Å². The Balaban J connectivity index is 1.66. The molecule has 166 valence electrons. The van der Waals surface area contributed by atoms with Crippen LogP contribution in [0.5, 0.6) is 0 Å². The minimum Gasteiger partial charge on any atom is -0.394 e. The van der Waals surface area contributed by atoms with Gasteiger partial charge in [-0.2, -0.15) is 0 Å². The zero-order chi connectivity index (χ0) is 22.1. The molecule has 5 atom stereocenters. The molecule has 3 aromatic rings. The van der Waals surface area contributed by atoms with Crippen molar-refractivity contribution in [3.05, 3.63) is 45.8 Å². The van der Waals surface area contributed by atoms with E-state index >= 15 is 0 Å². The van der Waals surface area contributed by atoms with Crippen LogP contribution in [0, 0.1) is 5.82 Å². The lowest BCUT2D eigenvalue weighted by Crippen LogP contribution is -2.55. The molecule has 1 aromatic carbocycles. The van der Waals surface area contributed by atoms with Crippen molar-refractivity contribution in [2.45, 2.75) is 34.7 Å². The minimum atomic E-state index is -1.13. The SMILES string of the molecule is CO[C@H]1C(n2cc(-c3nccs3)nn2)[C@@H](O)C(CO)O[C@@H]1Sc1cc(Cl)c(F)c(Cl)c1. The summed E-state index contributed by atoms with van der Waals surface area (Å²) in [7, 11) is 1.48. The van der Waals surface area contributed by atoms with E-state index in [1.165, 1.54) is 47.0 Å². The molecule has 0 radical (unpaired) electrons. The normalized spacial score (nSPS) is 26.3. The van der Waals surface area contributed by atoms with E-state index in [0.29, 0.717) is 15.6 Å². The van der Waals surface area contributed by atoms with Crippen molar-refractivity contribution in [3.8, 4) is 10.7 Å². The van der Waals surface area contributed by atoms with Crippen molar-refractivity contribution in [2.24, 2.45) is 0 Å². The third-order valence-corrected chi connectivity index (χ3v) is 7.24. The number of hydrogen-bond acceptors (Lipinski definition) is 9. The van der Waals surface area contributed by atoms with Crippen LogP contribution in [-0.4, -0.2) is 67.7 Å². The molecule has 4 rings (SSSR count). The molecule has 3 heterocycles. The molecule has 0 saturated carbocycles. The standard InChI is InChI=1S/C18H17Cl2FN4O4S2/c1-28-16-14(25-6-11(23-24-25)17-22-2-3-30-17)15(27)12(7-26)29-18(16)31-8-4-9(19)13(21)10(20)5-8/h2-6,12,14-16,18,26-27H,7H2,1H3/t12?,14?,15-,16-,18+/m0/s1. The lowest BCUT2D eigenvalue weighted by molar-refractivity contribution is -0.186. The fraction of sp³-hybridized carbons (Fsp3) is 0.389. The Morgan fingerprint density at radius 1 is 1.35 bits per heavy atom. The molecule has 2 aromatic heterocycles. The molecule has 8 nitrogen and oxygen atoms in total. The summed E-state index contributed by atoms with van der Waals surface area (Å²) in [5.74, 6) is -0.709. The number of nitrogens with zero attached hydrogens (tertiary/aromatic N) is 4. The van der Waals surface area contributed by atoms with Crippen molar-refractivity contribution in [1.82, 2.24) is 20.0 Å². The van der Waals surface area contributed by atoms with Gasteiger partial charge in [-0.3, -0.25) is 0 Å². The number of ether oxygens (including phenoxy) is 2. The molecule has 0 amide bonds. The van der Waals surface area contributed by atoms with E-state index in [1.807, 2.05) is 5.38 Å².